The summed E-state index contributed by atoms with van der Waals surface area (Å²) in [6, 6.07) is 6.05. The van der Waals surface area contributed by atoms with Crippen molar-refractivity contribution in [2.75, 3.05) is 12.1 Å². The van der Waals surface area contributed by atoms with Gasteiger partial charge >= 0.3 is 18.0 Å². The molecule has 4 rings (SSSR count). The van der Waals surface area contributed by atoms with Gasteiger partial charge in [0.05, 0.1) is 29.8 Å². The number of amides is 2. The monoisotopic (exact) mass is 526 g/mol. The largest absolute Gasteiger partial charge is 0.427 e. The Morgan fingerprint density at radius 2 is 1.97 bits per heavy atom. The number of rotatable bonds is 7. The molecule has 2 amide bonds. The number of aliphatic hydroxyl groups excluding tert-OH is 1. The number of imidazole rings is 1. The highest BCUT2D eigenvalue weighted by Crippen LogP contribution is 2.47. The summed E-state index contributed by atoms with van der Waals surface area (Å²) in [4.78, 5) is 55.6. The molecule has 0 aliphatic carbocycles. The van der Waals surface area contributed by atoms with Crippen LogP contribution in [0.5, 0.6) is 5.75 Å². The summed E-state index contributed by atoms with van der Waals surface area (Å²) in [6.45, 7) is 5.91. The van der Waals surface area contributed by atoms with Crippen LogP contribution in [0, 0.1) is 11.3 Å². The van der Waals surface area contributed by atoms with E-state index in [0.29, 0.717) is 17.0 Å². The number of nitrogens with one attached hydrogen (secondary N) is 1. The zero-order valence-electron chi connectivity index (χ0n) is 21.8. The standard InChI is InChI=1S/C26H30N4O8/c1-14(31)20-18-10-17(21(30(18)22(20)32)23(33)36-13-37-24(34)26(2,3)4)15-7-6-8-16(9-15)38-25(35)28-19-11-29(5)12-27-19/h6-9,11-12,14,18,20,31H,10,13H2,1-5H3,(H,28,35)/t14-,18-,20-/m1/s1. The molecule has 1 aromatic carbocycles. The Balaban J connectivity index is 1.56. The number of carbonyl (C=O) groups excluding carboxylic acids is 4. The van der Waals surface area contributed by atoms with E-state index < -0.39 is 54.2 Å². The molecular weight excluding hydrogens is 496 g/mol. The first-order valence-electron chi connectivity index (χ1n) is 12.0. The SMILES string of the molecule is C[C@@H](O)[C@H]1C(=O)N2C(C(=O)OCOC(=O)C(C)(C)C)=C(c3cccc(OC(=O)Nc4cn(C)cn4)c3)C[C@H]12. The number of ether oxygens (including phenoxy) is 3. The quantitative estimate of drug-likeness (QED) is 0.315. The fraction of sp³-hybridized carbons (Fsp3) is 0.423. The van der Waals surface area contributed by atoms with Crippen LogP contribution in [0.1, 0.15) is 39.7 Å². The van der Waals surface area contributed by atoms with Crippen LogP contribution in [0.3, 0.4) is 0 Å². The summed E-state index contributed by atoms with van der Waals surface area (Å²) >= 11 is 0. The number of fused-ring (bicyclic) bond motifs is 1. The van der Waals surface area contributed by atoms with Gasteiger partial charge in [-0.05, 0) is 57.4 Å². The molecule has 0 unspecified atom stereocenters. The molecule has 3 heterocycles. The minimum atomic E-state index is -0.905. The third-order valence-corrected chi connectivity index (χ3v) is 6.24. The van der Waals surface area contributed by atoms with Crippen LogP contribution in [0.2, 0.25) is 0 Å². The molecule has 2 aromatic rings. The van der Waals surface area contributed by atoms with Gasteiger partial charge < -0.3 is 28.8 Å². The second-order valence-corrected chi connectivity index (χ2v) is 10.3. The maximum absolute atomic E-state index is 13.1. The maximum atomic E-state index is 13.1. The Morgan fingerprint density at radius 3 is 2.61 bits per heavy atom. The second kappa shape index (κ2) is 10.3. The Hall–Kier alpha value is -4.19. The Morgan fingerprint density at radius 1 is 1.24 bits per heavy atom. The number of hydrogen-bond donors (Lipinski definition) is 2. The Bertz CT molecular complexity index is 1310. The molecule has 0 bridgehead atoms. The molecule has 202 valence electrons. The first-order chi connectivity index (χ1) is 17.9. The van der Waals surface area contributed by atoms with E-state index in [1.807, 2.05) is 0 Å². The number of aryl methyl sites for hydroxylation is 1. The Labute approximate surface area is 219 Å². The summed E-state index contributed by atoms with van der Waals surface area (Å²) in [5.41, 5.74) is 0.225. The third-order valence-electron chi connectivity index (χ3n) is 6.24. The van der Waals surface area contributed by atoms with Crippen LogP contribution >= 0.6 is 0 Å². The minimum Gasteiger partial charge on any atom is -0.427 e. The fourth-order valence-corrected chi connectivity index (χ4v) is 4.40. The highest BCUT2D eigenvalue weighted by Gasteiger charge is 2.57. The van der Waals surface area contributed by atoms with Crippen molar-refractivity contribution in [2.24, 2.45) is 18.4 Å². The molecule has 1 saturated heterocycles. The molecule has 0 spiro atoms. The van der Waals surface area contributed by atoms with Gasteiger partial charge in [-0.25, -0.2) is 14.6 Å². The zero-order chi connectivity index (χ0) is 27.8. The summed E-state index contributed by atoms with van der Waals surface area (Å²) in [5, 5.41) is 12.6. The van der Waals surface area contributed by atoms with Crippen molar-refractivity contribution in [3.8, 4) is 5.75 Å². The highest BCUT2D eigenvalue weighted by atomic mass is 16.7. The van der Waals surface area contributed by atoms with Crippen LogP contribution in [-0.4, -0.2) is 62.4 Å². The van der Waals surface area contributed by atoms with Gasteiger partial charge in [-0.1, -0.05) is 12.1 Å². The third kappa shape index (κ3) is 5.40. The molecule has 2 aliphatic heterocycles. The molecule has 1 fully saturated rings. The van der Waals surface area contributed by atoms with Crippen molar-refractivity contribution < 1.29 is 38.5 Å². The molecule has 0 radical (unpaired) electrons. The summed E-state index contributed by atoms with van der Waals surface area (Å²) < 4.78 is 17.3. The van der Waals surface area contributed by atoms with E-state index in [1.54, 1.807) is 62.8 Å². The predicted octanol–water partition coefficient (Wildman–Crippen LogP) is 2.44. The van der Waals surface area contributed by atoms with E-state index in [0.717, 1.165) is 0 Å². The lowest BCUT2D eigenvalue weighted by atomic mass is 9.82. The average molecular weight is 527 g/mol. The molecule has 2 N–H and O–H groups in total. The molecular formula is C26H30N4O8. The number of carbonyl (C=O) groups is 4. The van der Waals surface area contributed by atoms with Crippen LogP contribution in [0.25, 0.3) is 5.57 Å². The number of benzene rings is 1. The van der Waals surface area contributed by atoms with Gasteiger partial charge in [0.15, 0.2) is 5.82 Å². The maximum Gasteiger partial charge on any atom is 0.418 e. The minimum absolute atomic E-state index is 0.00112. The number of β-lactam (4-membered cyclic amide) rings is 1. The van der Waals surface area contributed by atoms with Gasteiger partial charge in [-0.3, -0.25) is 14.9 Å². The molecule has 1 aromatic heterocycles. The lowest BCUT2D eigenvalue weighted by molar-refractivity contribution is -0.175. The Kier molecular flexibility index (Phi) is 7.27. The van der Waals surface area contributed by atoms with E-state index in [2.05, 4.69) is 10.3 Å². The number of aliphatic hydroxyl groups is 1. The molecule has 12 heteroatoms. The molecule has 0 saturated carbocycles. The van der Waals surface area contributed by atoms with Crippen LogP contribution in [0.4, 0.5) is 10.6 Å². The van der Waals surface area contributed by atoms with Gasteiger partial charge in [0.2, 0.25) is 12.7 Å². The van der Waals surface area contributed by atoms with Crippen molar-refractivity contribution in [3.05, 3.63) is 48.1 Å². The van der Waals surface area contributed by atoms with E-state index in [1.165, 1.54) is 18.2 Å². The van der Waals surface area contributed by atoms with Crippen molar-refractivity contribution in [3.63, 3.8) is 0 Å². The topological polar surface area (TPSA) is 149 Å². The number of esters is 2. The van der Waals surface area contributed by atoms with Crippen LogP contribution < -0.4 is 10.1 Å². The van der Waals surface area contributed by atoms with Gasteiger partial charge in [0.1, 0.15) is 11.4 Å². The number of nitrogens with zero attached hydrogens (tertiary/aromatic N) is 3. The predicted molar refractivity (Wildman–Crippen MR) is 133 cm³/mol. The first kappa shape index (κ1) is 26.9. The van der Waals surface area contributed by atoms with Gasteiger partial charge in [-0.15, -0.1) is 0 Å². The lowest BCUT2D eigenvalue weighted by Gasteiger charge is -2.44. The zero-order valence-corrected chi connectivity index (χ0v) is 21.8. The van der Waals surface area contributed by atoms with Crippen LogP contribution in [0.15, 0.2) is 42.5 Å². The number of aromatic nitrogens is 2. The van der Waals surface area contributed by atoms with E-state index in [4.69, 9.17) is 14.2 Å². The molecule has 3 atom stereocenters. The summed E-state index contributed by atoms with van der Waals surface area (Å²) in [6.07, 6.45) is 1.75. The van der Waals surface area contributed by atoms with Gasteiger partial charge in [-0.2, -0.15) is 0 Å². The van der Waals surface area contributed by atoms with E-state index in [9.17, 15) is 24.3 Å². The second-order valence-electron chi connectivity index (χ2n) is 10.3. The van der Waals surface area contributed by atoms with E-state index in [-0.39, 0.29) is 17.9 Å². The van der Waals surface area contributed by atoms with Gasteiger partial charge in [0.25, 0.3) is 0 Å². The van der Waals surface area contributed by atoms with E-state index >= 15 is 0 Å². The smallest absolute Gasteiger partial charge is 0.418 e. The average Bonchev–Trinajstić information content (AvgIpc) is 3.38. The van der Waals surface area contributed by atoms with Gasteiger partial charge in [0, 0.05) is 13.2 Å². The summed E-state index contributed by atoms with van der Waals surface area (Å²) in [5.74, 6) is -1.95. The molecule has 2 aliphatic rings. The van der Waals surface area contributed by atoms with Crippen molar-refractivity contribution in [1.29, 1.82) is 0 Å². The molecule has 12 nitrogen and oxygen atoms in total. The first-order valence-corrected chi connectivity index (χ1v) is 12.0. The summed E-state index contributed by atoms with van der Waals surface area (Å²) in [7, 11) is 1.76. The number of hydrogen-bond acceptors (Lipinski definition) is 9. The fourth-order valence-electron chi connectivity index (χ4n) is 4.40. The normalized spacial score (nSPS) is 19.4. The number of anilines is 1. The van der Waals surface area contributed by atoms with Crippen molar-refractivity contribution in [1.82, 2.24) is 14.5 Å². The highest BCUT2D eigenvalue weighted by molar-refractivity contribution is 6.07. The van der Waals surface area contributed by atoms with Crippen molar-refractivity contribution in [2.45, 2.75) is 46.3 Å². The van der Waals surface area contributed by atoms with Crippen LogP contribution in [-0.2, 0) is 30.9 Å². The molecule has 38 heavy (non-hydrogen) atoms. The van der Waals surface area contributed by atoms with Crippen molar-refractivity contribution >= 4 is 35.3 Å². The lowest BCUT2D eigenvalue weighted by Crippen LogP contribution is -2.61.